The third kappa shape index (κ3) is 2.89. The van der Waals surface area contributed by atoms with Gasteiger partial charge in [-0.25, -0.2) is 0 Å². The molecule has 0 aliphatic rings. The van der Waals surface area contributed by atoms with E-state index in [4.69, 9.17) is 9.26 Å². The van der Waals surface area contributed by atoms with E-state index in [9.17, 15) is 0 Å². The summed E-state index contributed by atoms with van der Waals surface area (Å²) in [6.07, 6.45) is 0.749. The van der Waals surface area contributed by atoms with Gasteiger partial charge in [-0.1, -0.05) is 12.1 Å². The Bertz CT molecular complexity index is 495. The molecule has 2 heterocycles. The van der Waals surface area contributed by atoms with Crippen LogP contribution in [0.5, 0.6) is 0 Å². The third-order valence-corrected chi connectivity index (χ3v) is 2.39. The maximum Gasteiger partial charge on any atom is 0.255 e. The van der Waals surface area contributed by atoms with E-state index in [1.165, 1.54) is 0 Å². The Kier molecular flexibility index (Phi) is 3.99. The summed E-state index contributed by atoms with van der Waals surface area (Å²) < 4.78 is 10.7. The minimum Gasteiger partial charge on any atom is -0.369 e. The van der Waals surface area contributed by atoms with Crippen LogP contribution < -0.4 is 0 Å². The van der Waals surface area contributed by atoms with Crippen LogP contribution in [0.4, 0.5) is 0 Å². The number of rotatable bonds is 5. The monoisotopic (exact) mass is 248 g/mol. The predicted molar refractivity (Wildman–Crippen MR) is 64.7 cm³/mol. The van der Waals surface area contributed by atoms with Gasteiger partial charge in [0.05, 0.1) is 5.69 Å². The lowest BCUT2D eigenvalue weighted by Crippen LogP contribution is -2.01. The van der Waals surface area contributed by atoms with Crippen molar-refractivity contribution in [3.8, 4) is 11.5 Å². The van der Waals surface area contributed by atoms with Crippen LogP contribution in [0.25, 0.3) is 11.5 Å². The molecule has 6 heteroatoms. The first-order valence-corrected chi connectivity index (χ1v) is 5.96. The van der Waals surface area contributed by atoms with E-state index >= 15 is 0 Å². The molecule has 1 atom stereocenters. The molecule has 0 aromatic carbocycles. The second kappa shape index (κ2) is 5.68. The van der Waals surface area contributed by atoms with Crippen molar-refractivity contribution in [1.82, 2.24) is 20.3 Å². The quantitative estimate of drug-likeness (QED) is 0.808. The molecular formula is C12H16N4O2. The molecule has 6 nitrogen and oxygen atoms in total. The van der Waals surface area contributed by atoms with Crippen molar-refractivity contribution < 1.29 is 9.26 Å². The highest BCUT2D eigenvalue weighted by Crippen LogP contribution is 2.18. The molecular weight excluding hydrogens is 232 g/mol. The highest BCUT2D eigenvalue weighted by Gasteiger charge is 2.16. The van der Waals surface area contributed by atoms with Crippen molar-refractivity contribution in [3.63, 3.8) is 0 Å². The Morgan fingerprint density at radius 1 is 1.33 bits per heavy atom. The van der Waals surface area contributed by atoms with Crippen LogP contribution in [0, 0.1) is 6.92 Å². The molecule has 18 heavy (non-hydrogen) atoms. The number of nitrogens with zero attached hydrogens (tertiary/aromatic N) is 4. The largest absolute Gasteiger partial charge is 0.369 e. The molecule has 0 saturated heterocycles. The van der Waals surface area contributed by atoms with Crippen molar-refractivity contribution >= 4 is 0 Å². The van der Waals surface area contributed by atoms with Crippen molar-refractivity contribution in [2.75, 3.05) is 6.61 Å². The summed E-state index contributed by atoms with van der Waals surface area (Å²) in [7, 11) is 0. The van der Waals surface area contributed by atoms with Gasteiger partial charge in [0.15, 0.2) is 0 Å². The van der Waals surface area contributed by atoms with Crippen LogP contribution in [0.2, 0.25) is 0 Å². The van der Waals surface area contributed by atoms with E-state index in [0.717, 1.165) is 12.1 Å². The van der Waals surface area contributed by atoms with Crippen molar-refractivity contribution in [3.05, 3.63) is 23.7 Å². The van der Waals surface area contributed by atoms with Crippen LogP contribution in [0.1, 0.15) is 38.0 Å². The van der Waals surface area contributed by atoms with Gasteiger partial charge in [0.25, 0.3) is 5.89 Å². The van der Waals surface area contributed by atoms with Gasteiger partial charge >= 0.3 is 0 Å². The summed E-state index contributed by atoms with van der Waals surface area (Å²) >= 11 is 0. The molecule has 0 unspecified atom stereocenters. The second-order valence-electron chi connectivity index (χ2n) is 4.03. The molecule has 0 bridgehead atoms. The van der Waals surface area contributed by atoms with Crippen LogP contribution in [0.3, 0.4) is 0 Å². The highest BCUT2D eigenvalue weighted by molar-refractivity contribution is 5.46. The Labute approximate surface area is 105 Å². The zero-order valence-electron chi connectivity index (χ0n) is 10.8. The van der Waals surface area contributed by atoms with Gasteiger partial charge < -0.3 is 9.26 Å². The van der Waals surface area contributed by atoms with Crippen molar-refractivity contribution in [2.45, 2.75) is 33.3 Å². The minimum atomic E-state index is -0.204. The summed E-state index contributed by atoms with van der Waals surface area (Å²) in [6.45, 7) is 6.48. The van der Waals surface area contributed by atoms with Crippen LogP contribution >= 0.6 is 0 Å². The standard InChI is InChI=1S/C12H16N4O2/c1-4-7-17-9(3)12-13-11(16-18-12)10-6-5-8(2)14-15-10/h5-6,9H,4,7H2,1-3H3/t9-/m1/s1. The smallest absolute Gasteiger partial charge is 0.255 e. The molecule has 0 amide bonds. The Morgan fingerprint density at radius 3 is 2.83 bits per heavy atom. The van der Waals surface area contributed by atoms with E-state index in [-0.39, 0.29) is 6.10 Å². The molecule has 0 aliphatic carbocycles. The lowest BCUT2D eigenvalue weighted by atomic mass is 10.3. The van der Waals surface area contributed by atoms with Gasteiger partial charge in [-0.05, 0) is 32.4 Å². The summed E-state index contributed by atoms with van der Waals surface area (Å²) in [5.41, 5.74) is 1.44. The lowest BCUT2D eigenvalue weighted by molar-refractivity contribution is 0.0433. The fraction of sp³-hybridized carbons (Fsp3) is 0.500. The first-order valence-electron chi connectivity index (χ1n) is 5.96. The number of hydrogen-bond acceptors (Lipinski definition) is 6. The van der Waals surface area contributed by atoms with Crippen LogP contribution in [-0.4, -0.2) is 26.9 Å². The molecule has 0 spiro atoms. The second-order valence-corrected chi connectivity index (χ2v) is 4.03. The lowest BCUT2D eigenvalue weighted by Gasteiger charge is -2.06. The topological polar surface area (TPSA) is 73.9 Å². The average molecular weight is 248 g/mol. The van der Waals surface area contributed by atoms with Gasteiger partial charge in [-0.15, -0.1) is 5.10 Å². The molecule has 0 radical (unpaired) electrons. The predicted octanol–water partition coefficient (Wildman–Crippen LogP) is 2.32. The van der Waals surface area contributed by atoms with Crippen molar-refractivity contribution in [1.29, 1.82) is 0 Å². The maximum absolute atomic E-state index is 5.51. The number of hydrogen-bond donors (Lipinski definition) is 0. The first kappa shape index (κ1) is 12.6. The summed E-state index contributed by atoms with van der Waals surface area (Å²) in [5.74, 6) is 0.894. The summed E-state index contributed by atoms with van der Waals surface area (Å²) in [4.78, 5) is 4.26. The zero-order chi connectivity index (χ0) is 13.0. The van der Waals surface area contributed by atoms with Gasteiger partial charge in [0.1, 0.15) is 11.8 Å². The van der Waals surface area contributed by atoms with Gasteiger partial charge in [-0.2, -0.15) is 10.1 Å². The SMILES string of the molecule is CCCO[C@H](C)c1nc(-c2ccc(C)nn2)no1. The van der Waals surface area contributed by atoms with Gasteiger partial charge in [0, 0.05) is 6.61 Å². The fourth-order valence-corrected chi connectivity index (χ4v) is 1.39. The number of aromatic nitrogens is 4. The number of ether oxygens (including phenoxy) is 1. The average Bonchev–Trinajstić information content (AvgIpc) is 2.86. The van der Waals surface area contributed by atoms with Crippen LogP contribution in [0.15, 0.2) is 16.7 Å². The summed E-state index contributed by atoms with van der Waals surface area (Å²) in [6, 6.07) is 3.67. The van der Waals surface area contributed by atoms with E-state index < -0.39 is 0 Å². The van der Waals surface area contributed by atoms with Crippen LogP contribution in [-0.2, 0) is 4.74 Å². The Morgan fingerprint density at radius 2 is 2.17 bits per heavy atom. The molecule has 2 aromatic heterocycles. The molecule has 2 rings (SSSR count). The first-order chi connectivity index (χ1) is 8.70. The van der Waals surface area contributed by atoms with E-state index in [1.54, 1.807) is 0 Å². The number of aryl methyl sites for hydroxylation is 1. The fourth-order valence-electron chi connectivity index (χ4n) is 1.39. The molecule has 0 fully saturated rings. The molecule has 0 aliphatic heterocycles. The zero-order valence-corrected chi connectivity index (χ0v) is 10.8. The van der Waals surface area contributed by atoms with Crippen molar-refractivity contribution in [2.24, 2.45) is 0 Å². The highest BCUT2D eigenvalue weighted by atomic mass is 16.5. The maximum atomic E-state index is 5.51. The van der Waals surface area contributed by atoms with E-state index in [1.807, 2.05) is 32.9 Å². The summed E-state index contributed by atoms with van der Waals surface area (Å²) in [5, 5.41) is 11.8. The third-order valence-electron chi connectivity index (χ3n) is 2.39. The minimum absolute atomic E-state index is 0.204. The van der Waals surface area contributed by atoms with Gasteiger partial charge in [-0.3, -0.25) is 0 Å². The molecule has 0 N–H and O–H groups in total. The Hall–Kier alpha value is -1.82. The molecule has 2 aromatic rings. The van der Waals surface area contributed by atoms with E-state index in [2.05, 4.69) is 20.3 Å². The normalized spacial score (nSPS) is 12.6. The molecule has 96 valence electrons. The van der Waals surface area contributed by atoms with E-state index in [0.29, 0.717) is 24.0 Å². The molecule has 0 saturated carbocycles. The Balaban J connectivity index is 2.12. The van der Waals surface area contributed by atoms with Gasteiger partial charge in [0.2, 0.25) is 5.82 Å².